The molecule has 2 heterocycles. The molecule has 3 rings (SSSR count). The molecule has 0 atom stereocenters. The molecule has 0 fully saturated rings. The number of fused-ring (bicyclic) bond motifs is 1. The molecule has 0 unspecified atom stereocenters. The van der Waals surface area contributed by atoms with Crippen LogP contribution in [0.25, 0.3) is 10.9 Å². The van der Waals surface area contributed by atoms with Crippen LogP contribution in [0.5, 0.6) is 10.8 Å². The first-order valence-corrected chi connectivity index (χ1v) is 9.55. The molecule has 0 saturated carbocycles. The van der Waals surface area contributed by atoms with Gasteiger partial charge in [0.2, 0.25) is 0 Å². The number of nitrogens with one attached hydrogen (secondary N) is 2. The summed E-state index contributed by atoms with van der Waals surface area (Å²) >= 11 is 1.38. The van der Waals surface area contributed by atoms with E-state index in [4.69, 9.17) is 15.9 Å². The Balaban J connectivity index is 2.06. The summed E-state index contributed by atoms with van der Waals surface area (Å²) < 4.78 is 46.3. The smallest absolute Gasteiger partial charge is 0.417 e. The summed E-state index contributed by atoms with van der Waals surface area (Å²) in [6.07, 6.45) is -4.62. The molecule has 160 valence electrons. The Kier molecular flexibility index (Phi) is 5.77. The number of H-pyrrole nitrogens is 1. The maximum absolute atomic E-state index is 13.5. The predicted molar refractivity (Wildman–Crippen MR) is 109 cm³/mol. The van der Waals surface area contributed by atoms with E-state index in [2.05, 4.69) is 4.98 Å². The third-order valence-corrected chi connectivity index (χ3v) is 5.23. The fraction of sp³-hybridized carbons (Fsp3) is 0.263. The van der Waals surface area contributed by atoms with Crippen molar-refractivity contribution in [1.82, 2.24) is 14.8 Å². The van der Waals surface area contributed by atoms with E-state index in [1.54, 1.807) is 6.07 Å². The molecule has 1 aromatic carbocycles. The molecular formula is C19H20F3N5O2S. The number of aromatic amines is 1. The number of carbonyl (C=O) groups excluding carboxylic acids is 1. The minimum atomic E-state index is -4.62. The quantitative estimate of drug-likeness (QED) is 0.412. The molecule has 11 heteroatoms. The van der Waals surface area contributed by atoms with Crippen molar-refractivity contribution < 1.29 is 22.7 Å². The highest BCUT2D eigenvalue weighted by Crippen LogP contribution is 2.41. The maximum atomic E-state index is 13.5. The van der Waals surface area contributed by atoms with Crippen LogP contribution in [-0.2, 0) is 12.7 Å². The van der Waals surface area contributed by atoms with Gasteiger partial charge in [-0.05, 0) is 44.4 Å². The topological polar surface area (TPSA) is 98.4 Å². The average Bonchev–Trinajstić information content (AvgIpc) is 3.26. The zero-order chi connectivity index (χ0) is 22.2. The summed E-state index contributed by atoms with van der Waals surface area (Å²) in [5, 5.41) is 7.67. The largest absolute Gasteiger partial charge is 0.444 e. The van der Waals surface area contributed by atoms with Crippen molar-refractivity contribution in [3.05, 3.63) is 46.5 Å². The fourth-order valence-corrected chi connectivity index (χ4v) is 3.83. The molecule has 0 radical (unpaired) electrons. The highest BCUT2D eigenvalue weighted by molar-refractivity contribution is 7.13. The van der Waals surface area contributed by atoms with Crippen LogP contribution in [0.15, 0.2) is 30.3 Å². The normalized spacial score (nSPS) is 11.8. The van der Waals surface area contributed by atoms with Crippen LogP contribution in [0, 0.1) is 5.41 Å². The van der Waals surface area contributed by atoms with Crippen LogP contribution >= 0.6 is 11.3 Å². The van der Waals surface area contributed by atoms with E-state index in [9.17, 15) is 18.0 Å². The SMILES string of the molecule is CN(C)Cc1ccc(Oc2ccc(C(F)(F)F)c3cc(C(=O)N(C)C(=N)N)[nH]c23)s1. The van der Waals surface area contributed by atoms with E-state index in [-0.39, 0.29) is 22.3 Å². The Bertz CT molecular complexity index is 1100. The zero-order valence-electron chi connectivity index (χ0n) is 16.4. The minimum Gasteiger partial charge on any atom is -0.444 e. The highest BCUT2D eigenvalue weighted by Gasteiger charge is 2.34. The number of amides is 1. The van der Waals surface area contributed by atoms with Crippen molar-refractivity contribution in [3.8, 4) is 10.8 Å². The van der Waals surface area contributed by atoms with Gasteiger partial charge in [-0.15, -0.1) is 11.3 Å². The Hall–Kier alpha value is -3.05. The van der Waals surface area contributed by atoms with Crippen molar-refractivity contribution >= 4 is 34.1 Å². The summed E-state index contributed by atoms with van der Waals surface area (Å²) in [4.78, 5) is 19.0. The molecule has 2 aromatic heterocycles. The molecule has 0 aliphatic heterocycles. The van der Waals surface area contributed by atoms with Gasteiger partial charge >= 0.3 is 6.18 Å². The van der Waals surface area contributed by atoms with Gasteiger partial charge in [-0.2, -0.15) is 13.2 Å². The summed E-state index contributed by atoms with van der Waals surface area (Å²) in [7, 11) is 5.11. The third-order valence-electron chi connectivity index (χ3n) is 4.28. The van der Waals surface area contributed by atoms with E-state index in [1.165, 1.54) is 24.5 Å². The Morgan fingerprint density at radius 3 is 2.53 bits per heavy atom. The summed E-state index contributed by atoms with van der Waals surface area (Å²) in [6, 6.07) is 6.86. The molecule has 0 bridgehead atoms. The van der Waals surface area contributed by atoms with Gasteiger partial charge in [0.1, 0.15) is 5.69 Å². The average molecular weight is 439 g/mol. The number of aromatic nitrogens is 1. The molecule has 7 nitrogen and oxygen atoms in total. The molecule has 4 N–H and O–H groups in total. The van der Waals surface area contributed by atoms with Crippen LogP contribution in [0.3, 0.4) is 0 Å². The summed E-state index contributed by atoms with van der Waals surface area (Å²) in [6.45, 7) is 0.703. The number of guanidine groups is 1. The number of benzene rings is 1. The fourth-order valence-electron chi connectivity index (χ4n) is 2.85. The predicted octanol–water partition coefficient (Wildman–Crippen LogP) is 4.07. The number of thiophene rings is 1. The number of ether oxygens (including phenoxy) is 1. The molecular weight excluding hydrogens is 419 g/mol. The molecule has 1 amide bonds. The van der Waals surface area contributed by atoms with Gasteiger partial charge in [-0.3, -0.25) is 15.1 Å². The lowest BCUT2D eigenvalue weighted by atomic mass is 10.1. The molecule has 3 aromatic rings. The number of nitrogens with zero attached hydrogens (tertiary/aromatic N) is 2. The lowest BCUT2D eigenvalue weighted by Gasteiger charge is -2.12. The number of halogens is 3. The van der Waals surface area contributed by atoms with Crippen LogP contribution in [-0.4, -0.2) is 47.8 Å². The second kappa shape index (κ2) is 8.00. The third kappa shape index (κ3) is 4.41. The second-order valence-electron chi connectivity index (χ2n) is 6.89. The standard InChI is InChI=1S/C19H20F3N5O2S/c1-26(2)9-10-4-7-15(30-10)29-14-6-5-12(19(20,21)22)11-8-13(25-16(11)14)17(28)27(3)18(23)24/h4-8,25H,9H2,1-3H3,(H3,23,24). The molecule has 0 saturated heterocycles. The first-order chi connectivity index (χ1) is 14.0. The lowest BCUT2D eigenvalue weighted by molar-refractivity contribution is -0.136. The van der Waals surface area contributed by atoms with Crippen LogP contribution in [0.2, 0.25) is 0 Å². The lowest BCUT2D eigenvalue weighted by Crippen LogP contribution is -2.38. The number of hydrogen-bond acceptors (Lipinski definition) is 5. The van der Waals surface area contributed by atoms with E-state index >= 15 is 0 Å². The van der Waals surface area contributed by atoms with E-state index in [0.717, 1.165) is 21.9 Å². The van der Waals surface area contributed by atoms with Gasteiger partial charge in [0.05, 0.1) is 11.1 Å². The zero-order valence-corrected chi connectivity index (χ0v) is 17.2. The van der Waals surface area contributed by atoms with Crippen molar-refractivity contribution in [3.63, 3.8) is 0 Å². The van der Waals surface area contributed by atoms with Gasteiger partial charge in [-0.25, -0.2) is 0 Å². The number of nitrogens with two attached hydrogens (primary N) is 1. The minimum absolute atomic E-state index is 0.0349. The van der Waals surface area contributed by atoms with Crippen LogP contribution in [0.1, 0.15) is 20.9 Å². The molecule has 0 aliphatic carbocycles. The number of alkyl halides is 3. The monoisotopic (exact) mass is 439 g/mol. The van der Waals surface area contributed by atoms with Crippen molar-refractivity contribution in [2.24, 2.45) is 5.73 Å². The molecule has 0 aliphatic rings. The Morgan fingerprint density at radius 2 is 1.93 bits per heavy atom. The van der Waals surface area contributed by atoms with Gasteiger partial charge in [0, 0.05) is 23.9 Å². The van der Waals surface area contributed by atoms with Gasteiger partial charge < -0.3 is 20.4 Å². The Labute approximate surface area is 174 Å². The van der Waals surface area contributed by atoms with Gasteiger partial charge in [0.15, 0.2) is 16.8 Å². The Morgan fingerprint density at radius 1 is 1.23 bits per heavy atom. The summed E-state index contributed by atoms with van der Waals surface area (Å²) in [5.41, 5.74) is 4.31. The van der Waals surface area contributed by atoms with Crippen molar-refractivity contribution in [2.75, 3.05) is 21.1 Å². The number of rotatable bonds is 5. The van der Waals surface area contributed by atoms with E-state index in [1.807, 2.05) is 25.1 Å². The highest BCUT2D eigenvalue weighted by atomic mass is 32.1. The second-order valence-corrected chi connectivity index (χ2v) is 8.02. The van der Waals surface area contributed by atoms with Crippen LogP contribution in [0.4, 0.5) is 13.2 Å². The van der Waals surface area contributed by atoms with E-state index in [0.29, 0.717) is 11.6 Å². The molecule has 0 spiro atoms. The first-order valence-electron chi connectivity index (χ1n) is 8.73. The van der Waals surface area contributed by atoms with Crippen LogP contribution < -0.4 is 10.5 Å². The van der Waals surface area contributed by atoms with E-state index < -0.39 is 23.6 Å². The van der Waals surface area contributed by atoms with Crippen molar-refractivity contribution in [1.29, 1.82) is 5.41 Å². The summed E-state index contributed by atoms with van der Waals surface area (Å²) in [5.74, 6) is -1.11. The van der Waals surface area contributed by atoms with Gasteiger partial charge in [0.25, 0.3) is 5.91 Å². The number of hydrogen-bond donors (Lipinski definition) is 3. The van der Waals surface area contributed by atoms with Crippen molar-refractivity contribution in [2.45, 2.75) is 12.7 Å². The van der Waals surface area contributed by atoms with Gasteiger partial charge in [-0.1, -0.05) is 0 Å². The number of carbonyl (C=O) groups is 1. The maximum Gasteiger partial charge on any atom is 0.417 e. The molecule has 30 heavy (non-hydrogen) atoms. The first kappa shape index (κ1) is 21.7.